The molecule has 0 saturated carbocycles. The summed E-state index contributed by atoms with van der Waals surface area (Å²) in [5.74, 6) is 1.04. The number of hydrogen-bond acceptors (Lipinski definition) is 2. The van der Waals surface area contributed by atoms with Gasteiger partial charge in [0, 0.05) is 6.04 Å². The quantitative estimate of drug-likeness (QED) is 0.778. The topological polar surface area (TPSA) is 21.3 Å². The van der Waals surface area contributed by atoms with Crippen LogP contribution in [0.15, 0.2) is 6.07 Å². The summed E-state index contributed by atoms with van der Waals surface area (Å²) >= 11 is 0. The van der Waals surface area contributed by atoms with Gasteiger partial charge in [0.05, 0.1) is 7.11 Å². The van der Waals surface area contributed by atoms with Crippen LogP contribution in [0.4, 0.5) is 0 Å². The number of nitrogens with one attached hydrogen (secondary N) is 1. The minimum absolute atomic E-state index is 0.574. The highest BCUT2D eigenvalue weighted by molar-refractivity contribution is 5.48. The largest absolute Gasteiger partial charge is 0.496 e. The summed E-state index contributed by atoms with van der Waals surface area (Å²) in [4.78, 5) is 0. The van der Waals surface area contributed by atoms with E-state index in [1.54, 1.807) is 7.11 Å². The molecule has 0 unspecified atom stereocenters. The number of methoxy groups -OCH3 is 1. The Balaban J connectivity index is 2.72. The molecule has 0 atom stereocenters. The van der Waals surface area contributed by atoms with Crippen molar-refractivity contribution in [2.45, 2.75) is 53.5 Å². The monoisotopic (exact) mass is 249 g/mol. The maximum Gasteiger partial charge on any atom is 0.124 e. The fourth-order valence-corrected chi connectivity index (χ4v) is 2.39. The molecular weight excluding hydrogens is 222 g/mol. The summed E-state index contributed by atoms with van der Waals surface area (Å²) in [5.41, 5.74) is 5.36. The third-order valence-electron chi connectivity index (χ3n) is 3.51. The van der Waals surface area contributed by atoms with Crippen LogP contribution in [0.3, 0.4) is 0 Å². The molecule has 18 heavy (non-hydrogen) atoms. The maximum atomic E-state index is 5.46. The second-order valence-electron chi connectivity index (χ2n) is 5.35. The van der Waals surface area contributed by atoms with Crippen molar-refractivity contribution in [1.82, 2.24) is 5.32 Å². The van der Waals surface area contributed by atoms with E-state index in [-0.39, 0.29) is 0 Å². The molecule has 1 rings (SSSR count). The molecule has 2 heteroatoms. The van der Waals surface area contributed by atoms with E-state index in [0.717, 1.165) is 18.7 Å². The van der Waals surface area contributed by atoms with E-state index in [9.17, 15) is 0 Å². The van der Waals surface area contributed by atoms with Crippen LogP contribution in [0.5, 0.6) is 5.75 Å². The summed E-state index contributed by atoms with van der Waals surface area (Å²) in [6.07, 6.45) is 2.32. The zero-order valence-electron chi connectivity index (χ0n) is 12.7. The highest BCUT2D eigenvalue weighted by Crippen LogP contribution is 2.28. The average molecular weight is 249 g/mol. The van der Waals surface area contributed by atoms with Gasteiger partial charge in [0.2, 0.25) is 0 Å². The van der Waals surface area contributed by atoms with Gasteiger partial charge in [-0.25, -0.2) is 0 Å². The molecule has 0 aliphatic rings. The Bertz CT molecular complexity index is 397. The molecule has 0 radical (unpaired) electrons. The lowest BCUT2D eigenvalue weighted by molar-refractivity contribution is 0.408. The van der Waals surface area contributed by atoms with Crippen LogP contribution in [0.25, 0.3) is 0 Å². The van der Waals surface area contributed by atoms with Crippen LogP contribution in [0.2, 0.25) is 0 Å². The predicted octanol–water partition coefficient (Wildman–Crippen LogP) is 3.55. The number of ether oxygens (including phenoxy) is 1. The van der Waals surface area contributed by atoms with Crippen LogP contribution in [-0.4, -0.2) is 19.7 Å². The number of benzene rings is 1. The zero-order chi connectivity index (χ0) is 13.7. The van der Waals surface area contributed by atoms with E-state index in [1.165, 1.54) is 28.7 Å². The van der Waals surface area contributed by atoms with Gasteiger partial charge in [-0.2, -0.15) is 0 Å². The Kier molecular flexibility index (Phi) is 5.67. The summed E-state index contributed by atoms with van der Waals surface area (Å²) in [7, 11) is 1.75. The Morgan fingerprint density at radius 2 is 1.83 bits per heavy atom. The van der Waals surface area contributed by atoms with Gasteiger partial charge in [-0.15, -0.1) is 0 Å². The smallest absolute Gasteiger partial charge is 0.124 e. The predicted molar refractivity (Wildman–Crippen MR) is 78.7 cm³/mol. The molecule has 0 aromatic heterocycles. The fourth-order valence-electron chi connectivity index (χ4n) is 2.39. The Morgan fingerprint density at radius 1 is 1.17 bits per heavy atom. The van der Waals surface area contributed by atoms with Gasteiger partial charge < -0.3 is 10.1 Å². The van der Waals surface area contributed by atoms with Gasteiger partial charge in [0.1, 0.15) is 5.75 Å². The van der Waals surface area contributed by atoms with Gasteiger partial charge >= 0.3 is 0 Å². The lowest BCUT2D eigenvalue weighted by atomic mass is 9.95. The molecule has 0 heterocycles. The first-order valence-electron chi connectivity index (χ1n) is 6.84. The third-order valence-corrected chi connectivity index (χ3v) is 3.51. The lowest BCUT2D eigenvalue weighted by Crippen LogP contribution is -2.24. The zero-order valence-corrected chi connectivity index (χ0v) is 12.7. The minimum atomic E-state index is 0.574. The molecule has 102 valence electrons. The number of aryl methyl sites for hydroxylation is 2. The summed E-state index contributed by atoms with van der Waals surface area (Å²) in [5, 5.41) is 3.46. The molecule has 0 aliphatic heterocycles. The second-order valence-corrected chi connectivity index (χ2v) is 5.35. The maximum absolute atomic E-state index is 5.46. The molecule has 0 spiro atoms. The highest BCUT2D eigenvalue weighted by atomic mass is 16.5. The lowest BCUT2D eigenvalue weighted by Gasteiger charge is -2.16. The highest BCUT2D eigenvalue weighted by Gasteiger charge is 2.10. The standard InChI is InChI=1S/C16H27NO/c1-11(2)17-9-7-8-15-10-12(3)16(18-6)14(5)13(15)4/h10-11,17H,7-9H2,1-6H3. The van der Waals surface area contributed by atoms with E-state index in [4.69, 9.17) is 4.74 Å². The molecule has 0 aliphatic carbocycles. The molecule has 2 nitrogen and oxygen atoms in total. The molecule has 0 fully saturated rings. The number of rotatable bonds is 6. The van der Waals surface area contributed by atoms with Crippen molar-refractivity contribution in [3.8, 4) is 5.75 Å². The molecule has 1 N–H and O–H groups in total. The molecule has 0 bridgehead atoms. The van der Waals surface area contributed by atoms with E-state index in [2.05, 4.69) is 46.0 Å². The molecular formula is C16H27NO. The van der Waals surface area contributed by atoms with Crippen LogP contribution in [0, 0.1) is 20.8 Å². The first kappa shape index (κ1) is 15.0. The van der Waals surface area contributed by atoms with Crippen molar-refractivity contribution in [2.24, 2.45) is 0 Å². The third kappa shape index (κ3) is 3.74. The van der Waals surface area contributed by atoms with Gasteiger partial charge in [0.25, 0.3) is 0 Å². The van der Waals surface area contributed by atoms with Crippen molar-refractivity contribution in [3.05, 3.63) is 28.3 Å². The normalized spacial score (nSPS) is 11.1. The van der Waals surface area contributed by atoms with Crippen LogP contribution in [0.1, 0.15) is 42.5 Å². The van der Waals surface area contributed by atoms with Crippen molar-refractivity contribution < 1.29 is 4.74 Å². The molecule has 1 aromatic rings. The van der Waals surface area contributed by atoms with E-state index >= 15 is 0 Å². The first-order valence-corrected chi connectivity index (χ1v) is 6.84. The van der Waals surface area contributed by atoms with E-state index in [1.807, 2.05) is 0 Å². The SMILES string of the molecule is COc1c(C)cc(CCCNC(C)C)c(C)c1C. The van der Waals surface area contributed by atoms with Crippen LogP contribution in [-0.2, 0) is 6.42 Å². The Hall–Kier alpha value is -1.02. The van der Waals surface area contributed by atoms with Gasteiger partial charge in [-0.1, -0.05) is 19.9 Å². The Morgan fingerprint density at radius 3 is 2.39 bits per heavy atom. The second kappa shape index (κ2) is 6.79. The number of hydrogen-bond donors (Lipinski definition) is 1. The van der Waals surface area contributed by atoms with Crippen LogP contribution < -0.4 is 10.1 Å². The van der Waals surface area contributed by atoms with E-state index < -0.39 is 0 Å². The fraction of sp³-hybridized carbons (Fsp3) is 0.625. The first-order chi connectivity index (χ1) is 8.47. The van der Waals surface area contributed by atoms with E-state index in [0.29, 0.717) is 6.04 Å². The van der Waals surface area contributed by atoms with Gasteiger partial charge in [-0.3, -0.25) is 0 Å². The van der Waals surface area contributed by atoms with Crippen LogP contribution >= 0.6 is 0 Å². The van der Waals surface area contributed by atoms with Crippen molar-refractivity contribution in [1.29, 1.82) is 0 Å². The summed E-state index contributed by atoms with van der Waals surface area (Å²) in [6, 6.07) is 2.85. The van der Waals surface area contributed by atoms with Crippen molar-refractivity contribution >= 4 is 0 Å². The molecule has 0 saturated heterocycles. The van der Waals surface area contributed by atoms with Gasteiger partial charge in [-0.05, 0) is 62.4 Å². The van der Waals surface area contributed by atoms with Crippen molar-refractivity contribution in [3.63, 3.8) is 0 Å². The average Bonchev–Trinajstić information content (AvgIpc) is 2.31. The Labute approximate surface area is 112 Å². The molecule has 1 aromatic carbocycles. The summed E-state index contributed by atoms with van der Waals surface area (Å²) in [6.45, 7) is 11.9. The molecule has 0 amide bonds. The summed E-state index contributed by atoms with van der Waals surface area (Å²) < 4.78 is 5.46. The van der Waals surface area contributed by atoms with Crippen molar-refractivity contribution in [2.75, 3.05) is 13.7 Å². The van der Waals surface area contributed by atoms with Gasteiger partial charge in [0.15, 0.2) is 0 Å². The minimum Gasteiger partial charge on any atom is -0.496 e.